The van der Waals surface area contributed by atoms with Gasteiger partial charge in [0.1, 0.15) is 11.6 Å². The first kappa shape index (κ1) is 11.9. The van der Waals surface area contributed by atoms with E-state index in [0.29, 0.717) is 11.7 Å². The van der Waals surface area contributed by atoms with Gasteiger partial charge in [-0.2, -0.15) is 0 Å². The summed E-state index contributed by atoms with van der Waals surface area (Å²) in [5, 5.41) is 0. The number of hydrogen-bond donors (Lipinski definition) is 0. The van der Waals surface area contributed by atoms with Crippen LogP contribution in [0.15, 0.2) is 0 Å². The lowest BCUT2D eigenvalue weighted by molar-refractivity contribution is -0.120. The zero-order valence-electron chi connectivity index (χ0n) is 11.2. The molecule has 1 saturated carbocycles. The van der Waals surface area contributed by atoms with E-state index >= 15 is 0 Å². The van der Waals surface area contributed by atoms with Gasteiger partial charge in [-0.25, -0.2) is 4.98 Å². The molecule has 0 aliphatic heterocycles. The predicted octanol–water partition coefficient (Wildman–Crippen LogP) is 2.83. The summed E-state index contributed by atoms with van der Waals surface area (Å²) in [7, 11) is 0. The number of fused-ring (bicyclic) bond motifs is 1. The van der Waals surface area contributed by atoms with E-state index in [2.05, 4.69) is 11.5 Å². The minimum atomic E-state index is 0.325. The molecule has 2 aliphatic rings. The van der Waals surface area contributed by atoms with Crippen molar-refractivity contribution in [1.29, 1.82) is 0 Å². The third kappa shape index (κ3) is 2.11. The summed E-state index contributed by atoms with van der Waals surface area (Å²) in [4.78, 5) is 16.4. The monoisotopic (exact) mass is 246 g/mol. The zero-order chi connectivity index (χ0) is 12.5. The highest BCUT2D eigenvalue weighted by Gasteiger charge is 2.25. The lowest BCUT2D eigenvalue weighted by Gasteiger charge is -2.16. The Morgan fingerprint density at radius 2 is 2.06 bits per heavy atom. The third-order valence-corrected chi connectivity index (χ3v) is 4.56. The molecule has 1 unspecified atom stereocenters. The molecule has 3 heteroatoms. The van der Waals surface area contributed by atoms with E-state index in [1.807, 2.05) is 0 Å². The number of aryl methyl sites for hydroxylation is 2. The van der Waals surface area contributed by atoms with Crippen molar-refractivity contribution < 1.29 is 4.79 Å². The molecular formula is C15H22N2O. The molecule has 0 N–H and O–H groups in total. The molecular weight excluding hydrogens is 224 g/mol. The van der Waals surface area contributed by atoms with E-state index in [4.69, 9.17) is 4.98 Å². The Morgan fingerprint density at radius 3 is 2.83 bits per heavy atom. The van der Waals surface area contributed by atoms with Crippen molar-refractivity contribution >= 4 is 5.78 Å². The fourth-order valence-corrected chi connectivity index (χ4v) is 3.51. The van der Waals surface area contributed by atoms with Gasteiger partial charge < -0.3 is 4.57 Å². The highest BCUT2D eigenvalue weighted by atomic mass is 16.1. The van der Waals surface area contributed by atoms with Gasteiger partial charge in [0.15, 0.2) is 0 Å². The Morgan fingerprint density at radius 1 is 1.22 bits per heavy atom. The van der Waals surface area contributed by atoms with Crippen molar-refractivity contribution in [3.63, 3.8) is 0 Å². The fourth-order valence-electron chi connectivity index (χ4n) is 3.51. The van der Waals surface area contributed by atoms with Gasteiger partial charge in [0, 0.05) is 24.6 Å². The van der Waals surface area contributed by atoms with E-state index in [1.165, 1.54) is 30.7 Å². The minimum absolute atomic E-state index is 0.325. The Bertz CT molecular complexity index is 461. The lowest BCUT2D eigenvalue weighted by Crippen LogP contribution is -2.14. The maximum Gasteiger partial charge on any atom is 0.136 e. The van der Waals surface area contributed by atoms with Crippen LogP contribution in [0.1, 0.15) is 55.7 Å². The third-order valence-electron chi connectivity index (χ3n) is 4.56. The molecule has 0 amide bonds. The number of imidazole rings is 1. The van der Waals surface area contributed by atoms with Crippen LogP contribution in [0.2, 0.25) is 0 Å². The standard InChI is InChI=1S/C15H22N2O/c1-11-16-13-6-2-3-7-14(13)17(11)10-9-12-5-4-8-15(12)18/h12H,2-10H2,1H3. The van der Waals surface area contributed by atoms with E-state index in [9.17, 15) is 4.79 Å². The molecule has 1 aromatic heterocycles. The molecule has 0 bridgehead atoms. The Kier molecular flexibility index (Phi) is 3.23. The molecule has 0 aromatic carbocycles. The summed E-state index contributed by atoms with van der Waals surface area (Å²) >= 11 is 0. The number of carbonyl (C=O) groups is 1. The number of ketones is 1. The van der Waals surface area contributed by atoms with E-state index in [1.54, 1.807) is 0 Å². The van der Waals surface area contributed by atoms with Crippen LogP contribution in [-0.4, -0.2) is 15.3 Å². The highest BCUT2D eigenvalue weighted by Crippen LogP contribution is 2.27. The van der Waals surface area contributed by atoms with Crippen LogP contribution < -0.4 is 0 Å². The summed E-state index contributed by atoms with van der Waals surface area (Å²) < 4.78 is 2.38. The molecule has 3 rings (SSSR count). The molecule has 0 spiro atoms. The first-order chi connectivity index (χ1) is 8.75. The minimum Gasteiger partial charge on any atom is -0.332 e. The quantitative estimate of drug-likeness (QED) is 0.822. The predicted molar refractivity (Wildman–Crippen MR) is 70.6 cm³/mol. The number of nitrogens with zero attached hydrogens (tertiary/aromatic N) is 2. The van der Waals surface area contributed by atoms with Crippen LogP contribution in [0.5, 0.6) is 0 Å². The SMILES string of the molecule is Cc1nc2c(n1CCC1CCCC1=O)CCCC2. The topological polar surface area (TPSA) is 34.9 Å². The normalized spacial score (nSPS) is 23.4. The first-order valence-electron chi connectivity index (χ1n) is 7.33. The molecule has 1 fully saturated rings. The molecule has 0 saturated heterocycles. The molecule has 18 heavy (non-hydrogen) atoms. The van der Waals surface area contributed by atoms with Crippen LogP contribution in [0.3, 0.4) is 0 Å². The molecule has 1 heterocycles. The number of hydrogen-bond acceptors (Lipinski definition) is 2. The van der Waals surface area contributed by atoms with Crippen LogP contribution in [0, 0.1) is 12.8 Å². The van der Waals surface area contributed by atoms with Crippen molar-refractivity contribution in [2.45, 2.75) is 64.8 Å². The largest absolute Gasteiger partial charge is 0.332 e. The van der Waals surface area contributed by atoms with Gasteiger partial charge in [0.2, 0.25) is 0 Å². The molecule has 98 valence electrons. The van der Waals surface area contributed by atoms with Gasteiger partial charge in [-0.3, -0.25) is 4.79 Å². The Balaban J connectivity index is 1.72. The second-order valence-electron chi connectivity index (χ2n) is 5.76. The van der Waals surface area contributed by atoms with Crippen LogP contribution >= 0.6 is 0 Å². The molecule has 0 radical (unpaired) electrons. The smallest absolute Gasteiger partial charge is 0.136 e. The summed E-state index contributed by atoms with van der Waals surface area (Å²) in [6.07, 6.45) is 8.93. The Labute approximate surface area is 109 Å². The van der Waals surface area contributed by atoms with Crippen LogP contribution in [-0.2, 0) is 24.2 Å². The second-order valence-corrected chi connectivity index (χ2v) is 5.76. The van der Waals surface area contributed by atoms with Crippen molar-refractivity contribution in [2.24, 2.45) is 5.92 Å². The van der Waals surface area contributed by atoms with Gasteiger partial charge in [-0.15, -0.1) is 0 Å². The van der Waals surface area contributed by atoms with Crippen molar-refractivity contribution in [3.8, 4) is 0 Å². The van der Waals surface area contributed by atoms with E-state index in [0.717, 1.165) is 44.5 Å². The first-order valence-corrected chi connectivity index (χ1v) is 7.33. The number of aromatic nitrogens is 2. The summed E-state index contributed by atoms with van der Waals surface area (Å²) in [6, 6.07) is 0. The van der Waals surface area contributed by atoms with Gasteiger partial charge in [-0.05, 0) is 51.9 Å². The second kappa shape index (κ2) is 4.87. The van der Waals surface area contributed by atoms with Gasteiger partial charge in [0.25, 0.3) is 0 Å². The number of carbonyl (C=O) groups excluding carboxylic acids is 1. The van der Waals surface area contributed by atoms with Gasteiger partial charge in [-0.1, -0.05) is 0 Å². The van der Waals surface area contributed by atoms with Gasteiger partial charge in [0.05, 0.1) is 5.69 Å². The maximum absolute atomic E-state index is 11.7. The highest BCUT2D eigenvalue weighted by molar-refractivity contribution is 5.82. The lowest BCUT2D eigenvalue weighted by atomic mass is 10.00. The van der Waals surface area contributed by atoms with Gasteiger partial charge >= 0.3 is 0 Å². The van der Waals surface area contributed by atoms with E-state index in [-0.39, 0.29) is 0 Å². The number of Topliss-reactive ketones (excluding diaryl/α,β-unsaturated/α-hetero) is 1. The van der Waals surface area contributed by atoms with E-state index < -0.39 is 0 Å². The molecule has 3 nitrogen and oxygen atoms in total. The zero-order valence-corrected chi connectivity index (χ0v) is 11.2. The molecule has 1 atom stereocenters. The maximum atomic E-state index is 11.7. The fraction of sp³-hybridized carbons (Fsp3) is 0.733. The Hall–Kier alpha value is -1.12. The van der Waals surface area contributed by atoms with Crippen molar-refractivity contribution in [3.05, 3.63) is 17.2 Å². The molecule has 1 aromatic rings. The van der Waals surface area contributed by atoms with Crippen LogP contribution in [0.25, 0.3) is 0 Å². The summed E-state index contributed by atoms with van der Waals surface area (Å²) in [6.45, 7) is 3.10. The van der Waals surface area contributed by atoms with Crippen LogP contribution in [0.4, 0.5) is 0 Å². The average Bonchev–Trinajstić information content (AvgIpc) is 2.90. The van der Waals surface area contributed by atoms with Crippen molar-refractivity contribution in [1.82, 2.24) is 9.55 Å². The average molecular weight is 246 g/mol. The molecule has 2 aliphatic carbocycles. The summed E-state index contributed by atoms with van der Waals surface area (Å²) in [5.41, 5.74) is 2.76. The summed E-state index contributed by atoms with van der Waals surface area (Å²) in [5.74, 6) is 1.96. The number of rotatable bonds is 3. The van der Waals surface area contributed by atoms with Crippen molar-refractivity contribution in [2.75, 3.05) is 0 Å².